The molecular weight excluding hydrogens is 306 g/mol. The predicted molar refractivity (Wildman–Crippen MR) is 87.8 cm³/mol. The van der Waals surface area contributed by atoms with Gasteiger partial charge in [0, 0.05) is 24.2 Å². The summed E-state index contributed by atoms with van der Waals surface area (Å²) in [5, 5.41) is 0. The molecule has 0 heterocycles. The van der Waals surface area contributed by atoms with E-state index in [0.29, 0.717) is 18.2 Å². The van der Waals surface area contributed by atoms with Gasteiger partial charge in [-0.05, 0) is 32.9 Å². The van der Waals surface area contributed by atoms with Crippen molar-refractivity contribution in [1.82, 2.24) is 9.62 Å². The number of nitrogens with zero attached hydrogens (tertiary/aromatic N) is 1. The molecule has 116 valence electrons. The number of rotatable bonds is 7. The van der Waals surface area contributed by atoms with Crippen molar-refractivity contribution in [2.24, 2.45) is 5.73 Å². The van der Waals surface area contributed by atoms with Gasteiger partial charge in [-0.3, -0.25) is 4.90 Å². The largest absolute Gasteiger partial charge is 0.389 e. The third kappa shape index (κ3) is 4.00. The maximum atomic E-state index is 12.4. The number of benzene rings is 1. The van der Waals surface area contributed by atoms with Gasteiger partial charge >= 0.3 is 0 Å². The van der Waals surface area contributed by atoms with E-state index in [9.17, 15) is 8.42 Å². The number of hydrogen-bond acceptors (Lipinski definition) is 4. The summed E-state index contributed by atoms with van der Waals surface area (Å²) >= 11 is 4.92. The molecule has 1 aliphatic carbocycles. The lowest BCUT2D eigenvalue weighted by atomic mass is 10.2. The van der Waals surface area contributed by atoms with Crippen molar-refractivity contribution in [3.05, 3.63) is 29.8 Å². The highest BCUT2D eigenvalue weighted by atomic mass is 32.2. The van der Waals surface area contributed by atoms with Crippen LogP contribution < -0.4 is 10.5 Å². The number of sulfonamides is 1. The molecule has 1 atom stereocenters. The molecule has 7 heteroatoms. The summed E-state index contributed by atoms with van der Waals surface area (Å²) in [4.78, 5) is 2.43. The zero-order valence-corrected chi connectivity index (χ0v) is 13.9. The summed E-state index contributed by atoms with van der Waals surface area (Å²) in [7, 11) is -1.59. The van der Waals surface area contributed by atoms with Crippen LogP contribution in [0, 0.1) is 0 Å². The van der Waals surface area contributed by atoms with E-state index in [1.807, 2.05) is 14.0 Å². The maximum Gasteiger partial charge on any atom is 0.241 e. The first-order valence-corrected chi connectivity index (χ1v) is 8.82. The van der Waals surface area contributed by atoms with Crippen LogP contribution in [0.15, 0.2) is 29.2 Å². The molecule has 1 saturated carbocycles. The van der Waals surface area contributed by atoms with Gasteiger partial charge in [-0.2, -0.15) is 0 Å². The molecule has 1 aromatic carbocycles. The fourth-order valence-corrected chi connectivity index (χ4v) is 3.78. The monoisotopic (exact) mass is 327 g/mol. The van der Waals surface area contributed by atoms with Gasteiger partial charge in [0.25, 0.3) is 0 Å². The molecule has 0 amide bonds. The quantitative estimate of drug-likeness (QED) is 0.733. The van der Waals surface area contributed by atoms with Crippen molar-refractivity contribution in [3.63, 3.8) is 0 Å². The molecule has 1 fully saturated rings. The molecule has 0 saturated heterocycles. The van der Waals surface area contributed by atoms with E-state index in [0.717, 1.165) is 0 Å². The Kier molecular flexibility index (Phi) is 4.98. The van der Waals surface area contributed by atoms with Crippen LogP contribution in [-0.2, 0) is 10.0 Å². The third-order valence-corrected chi connectivity index (χ3v) is 5.53. The first-order valence-electron chi connectivity index (χ1n) is 6.93. The van der Waals surface area contributed by atoms with E-state index >= 15 is 0 Å². The summed E-state index contributed by atoms with van der Waals surface area (Å²) in [5.41, 5.74) is 5.97. The number of likely N-dealkylation sites (N-methyl/N-ethyl adjacent to an activating group) is 1. The fourth-order valence-electron chi connectivity index (χ4n) is 2.20. The van der Waals surface area contributed by atoms with Crippen molar-refractivity contribution in [2.45, 2.75) is 36.7 Å². The van der Waals surface area contributed by atoms with E-state index < -0.39 is 10.0 Å². The van der Waals surface area contributed by atoms with Crippen molar-refractivity contribution < 1.29 is 8.42 Å². The molecular formula is C14H21N3O2S2. The predicted octanol–water partition coefficient (Wildman–Crippen LogP) is 1.08. The van der Waals surface area contributed by atoms with Crippen LogP contribution in [0.5, 0.6) is 0 Å². The minimum absolute atomic E-state index is 0.0825. The Labute approximate surface area is 131 Å². The van der Waals surface area contributed by atoms with Crippen molar-refractivity contribution in [1.29, 1.82) is 0 Å². The Morgan fingerprint density at radius 3 is 2.67 bits per heavy atom. The Balaban J connectivity index is 2.10. The summed E-state index contributed by atoms with van der Waals surface area (Å²) in [6, 6.07) is 7.26. The lowest BCUT2D eigenvalue weighted by molar-refractivity contribution is 0.248. The number of nitrogens with two attached hydrogens (primary N) is 1. The second-order valence-corrected chi connectivity index (χ2v) is 7.63. The number of hydrogen-bond donors (Lipinski definition) is 2. The summed E-state index contributed by atoms with van der Waals surface area (Å²) in [6.45, 7) is 2.38. The van der Waals surface area contributed by atoms with Gasteiger partial charge in [0.2, 0.25) is 10.0 Å². The number of thiocarbonyl (C=S) groups is 1. The highest BCUT2D eigenvalue weighted by Gasteiger charge is 2.30. The molecule has 0 radical (unpaired) electrons. The molecule has 21 heavy (non-hydrogen) atoms. The summed E-state index contributed by atoms with van der Waals surface area (Å²) in [5.74, 6) is 0. The SMILES string of the molecule is CC(CNS(=O)(=O)c1ccccc1C(N)=S)N(C)C1CC1. The van der Waals surface area contributed by atoms with Crippen LogP contribution >= 0.6 is 12.2 Å². The average molecular weight is 327 g/mol. The van der Waals surface area contributed by atoms with E-state index in [1.165, 1.54) is 18.9 Å². The normalized spacial score (nSPS) is 16.9. The molecule has 0 aromatic heterocycles. The second-order valence-electron chi connectivity index (χ2n) is 5.46. The molecule has 5 nitrogen and oxygen atoms in total. The van der Waals surface area contributed by atoms with Crippen molar-refractivity contribution in [2.75, 3.05) is 13.6 Å². The minimum Gasteiger partial charge on any atom is -0.389 e. The zero-order chi connectivity index (χ0) is 15.6. The molecule has 1 aliphatic rings. The third-order valence-electron chi connectivity index (χ3n) is 3.83. The maximum absolute atomic E-state index is 12.4. The fraction of sp³-hybridized carbons (Fsp3) is 0.500. The van der Waals surface area contributed by atoms with Gasteiger partial charge in [-0.15, -0.1) is 0 Å². The van der Waals surface area contributed by atoms with Gasteiger partial charge in [-0.1, -0.05) is 30.4 Å². The van der Waals surface area contributed by atoms with E-state index in [4.69, 9.17) is 18.0 Å². The topological polar surface area (TPSA) is 75.4 Å². The van der Waals surface area contributed by atoms with Crippen LogP contribution in [0.4, 0.5) is 0 Å². The molecule has 0 spiro atoms. The molecule has 2 rings (SSSR count). The van der Waals surface area contributed by atoms with Crippen molar-refractivity contribution >= 4 is 27.2 Å². The molecule has 0 bridgehead atoms. The lowest BCUT2D eigenvalue weighted by Gasteiger charge is -2.24. The highest BCUT2D eigenvalue weighted by molar-refractivity contribution is 7.89. The van der Waals surface area contributed by atoms with Crippen molar-refractivity contribution in [3.8, 4) is 0 Å². The molecule has 1 unspecified atom stereocenters. The van der Waals surface area contributed by atoms with Crippen LogP contribution in [0.25, 0.3) is 0 Å². The van der Waals surface area contributed by atoms with Gasteiger partial charge in [0.15, 0.2) is 0 Å². The number of nitrogens with one attached hydrogen (secondary N) is 1. The molecule has 3 N–H and O–H groups in total. The van der Waals surface area contributed by atoms with Crippen LogP contribution in [-0.4, -0.2) is 44.0 Å². The Morgan fingerprint density at radius 1 is 1.48 bits per heavy atom. The summed E-state index contributed by atoms with van der Waals surface area (Å²) < 4.78 is 27.5. The Bertz CT molecular complexity index is 627. The highest BCUT2D eigenvalue weighted by Crippen LogP contribution is 2.26. The van der Waals surface area contributed by atoms with E-state index in [-0.39, 0.29) is 15.9 Å². The smallest absolute Gasteiger partial charge is 0.241 e. The van der Waals surface area contributed by atoms with Crippen LogP contribution in [0.2, 0.25) is 0 Å². The molecule has 0 aliphatic heterocycles. The van der Waals surface area contributed by atoms with E-state index in [2.05, 4.69) is 9.62 Å². The second kappa shape index (κ2) is 6.39. The minimum atomic E-state index is -3.61. The van der Waals surface area contributed by atoms with E-state index in [1.54, 1.807) is 18.2 Å². The Hall–Kier alpha value is -1.02. The van der Waals surface area contributed by atoms with Gasteiger partial charge in [0.05, 0.1) is 4.90 Å². The van der Waals surface area contributed by atoms with Gasteiger partial charge in [-0.25, -0.2) is 13.1 Å². The first-order chi connectivity index (χ1) is 9.83. The average Bonchev–Trinajstić information content (AvgIpc) is 3.28. The van der Waals surface area contributed by atoms with Crippen LogP contribution in [0.1, 0.15) is 25.3 Å². The van der Waals surface area contributed by atoms with Crippen LogP contribution in [0.3, 0.4) is 0 Å². The lowest BCUT2D eigenvalue weighted by Crippen LogP contribution is -2.41. The van der Waals surface area contributed by atoms with Gasteiger partial charge in [0.1, 0.15) is 4.99 Å². The first kappa shape index (κ1) is 16.4. The molecule has 1 aromatic rings. The Morgan fingerprint density at radius 2 is 2.10 bits per heavy atom. The standard InChI is InChI=1S/C14H21N3O2S2/c1-10(17(2)11-7-8-11)9-16-21(18,19)13-6-4-3-5-12(13)14(15)20/h3-6,10-11,16H,7-9H2,1-2H3,(H2,15,20). The van der Waals surface area contributed by atoms with Gasteiger partial charge < -0.3 is 5.73 Å². The zero-order valence-electron chi connectivity index (χ0n) is 12.2. The summed E-state index contributed by atoms with van der Waals surface area (Å²) in [6.07, 6.45) is 2.38.